The van der Waals surface area contributed by atoms with Crippen LogP contribution in [0.1, 0.15) is 12.0 Å². The van der Waals surface area contributed by atoms with Gasteiger partial charge in [0.1, 0.15) is 0 Å². The van der Waals surface area contributed by atoms with Crippen molar-refractivity contribution in [1.82, 2.24) is 4.98 Å². The Balaban J connectivity index is 3.49. The second kappa shape index (κ2) is 4.58. The fourth-order valence-corrected chi connectivity index (χ4v) is 1.10. The molecule has 11 heteroatoms. The molecule has 0 saturated heterocycles. The molecular weight excluding hydrogens is 271 g/mol. The van der Waals surface area contributed by atoms with Crippen LogP contribution in [0.2, 0.25) is 0 Å². The van der Waals surface area contributed by atoms with Crippen LogP contribution in [0.4, 0.5) is 27.8 Å². The summed E-state index contributed by atoms with van der Waals surface area (Å²) >= 11 is 0. The molecule has 0 aliphatic rings. The van der Waals surface area contributed by atoms with E-state index in [0.29, 0.717) is 0 Å². The zero-order valence-electron chi connectivity index (χ0n) is 8.12. The van der Waals surface area contributed by atoms with Crippen molar-refractivity contribution in [1.29, 1.82) is 0 Å². The molecule has 0 unspecified atom stereocenters. The average Bonchev–Trinajstić information content (AvgIpc) is 2.12. The van der Waals surface area contributed by atoms with Gasteiger partial charge < -0.3 is 14.9 Å². The fourth-order valence-electron chi connectivity index (χ4n) is 1.10. The summed E-state index contributed by atoms with van der Waals surface area (Å²) in [6, 6.07) is 0.0575. The van der Waals surface area contributed by atoms with Crippen LogP contribution in [0.15, 0.2) is 10.9 Å². The Labute approximate surface area is 94.1 Å². The molecule has 6 nitrogen and oxygen atoms in total. The third-order valence-corrected chi connectivity index (χ3v) is 1.65. The maximum atomic E-state index is 12.5. The highest BCUT2D eigenvalue weighted by Gasteiger charge is 2.36. The third kappa shape index (κ3) is 3.15. The zero-order valence-corrected chi connectivity index (χ0v) is 8.12. The first-order valence-electron chi connectivity index (χ1n) is 4.07. The van der Waals surface area contributed by atoms with E-state index in [2.05, 4.69) is 4.74 Å². The minimum atomic E-state index is -5.36. The van der Waals surface area contributed by atoms with Crippen LogP contribution in [0.3, 0.4) is 0 Å². The molecule has 0 aliphatic carbocycles. The Hall–Kier alpha value is -2.20. The van der Waals surface area contributed by atoms with Crippen LogP contribution in [-0.4, -0.2) is 16.3 Å². The lowest BCUT2D eigenvalue weighted by Gasteiger charge is -2.12. The number of ether oxygens (including phenoxy) is 1. The molecule has 0 aliphatic heterocycles. The second-order valence-electron chi connectivity index (χ2n) is 2.87. The molecule has 1 aromatic heterocycles. The molecule has 0 spiro atoms. The Kier molecular flexibility index (Phi) is 3.53. The number of aromatic amines is 1. The Bertz CT molecular complexity index is 524. The van der Waals surface area contributed by atoms with Crippen molar-refractivity contribution in [2.45, 2.75) is 12.8 Å². The molecule has 0 saturated carbocycles. The zero-order chi connectivity index (χ0) is 14.1. The molecule has 0 fully saturated rings. The summed E-state index contributed by atoms with van der Waals surface area (Å²) in [4.78, 5) is 21.1. The molecule has 0 atom stereocenters. The number of nitro groups is 1. The lowest BCUT2D eigenvalue weighted by molar-refractivity contribution is -0.391. The summed E-state index contributed by atoms with van der Waals surface area (Å²) in [7, 11) is 0. The number of hydrogen-bond acceptors (Lipinski definition) is 4. The summed E-state index contributed by atoms with van der Waals surface area (Å²) in [5, 5.41) is 10.4. The number of rotatable bonds is 3. The van der Waals surface area contributed by atoms with Gasteiger partial charge in [-0.2, -0.15) is 0 Å². The first-order chi connectivity index (χ1) is 8.11. The maximum Gasteiger partial charge on any atom is 0.573 e. The van der Waals surface area contributed by atoms with E-state index in [1.807, 2.05) is 0 Å². The van der Waals surface area contributed by atoms with E-state index in [-0.39, 0.29) is 6.07 Å². The molecule has 0 amide bonds. The predicted octanol–water partition coefficient (Wildman–Crippen LogP) is 2.12. The standard InChI is InChI=1S/C7H3F5N2O4/c8-5(9)4-2(18-7(10,11)12)1-3(15)13-6(4)14(16)17/h1,5H,(H,13,15). The number of hydrogen-bond donors (Lipinski definition) is 1. The van der Waals surface area contributed by atoms with E-state index in [1.54, 1.807) is 0 Å². The minimum absolute atomic E-state index is 0.0575. The topological polar surface area (TPSA) is 85.2 Å². The van der Waals surface area contributed by atoms with Crippen LogP contribution < -0.4 is 10.3 Å². The van der Waals surface area contributed by atoms with E-state index < -0.39 is 40.4 Å². The number of H-pyrrole nitrogens is 1. The smallest absolute Gasteiger partial charge is 0.405 e. The van der Waals surface area contributed by atoms with Gasteiger partial charge in [0.25, 0.3) is 6.43 Å². The third-order valence-electron chi connectivity index (χ3n) is 1.65. The summed E-state index contributed by atoms with van der Waals surface area (Å²) in [6.07, 6.45) is -8.98. The predicted molar refractivity (Wildman–Crippen MR) is 45.4 cm³/mol. The van der Waals surface area contributed by atoms with Crippen molar-refractivity contribution in [3.63, 3.8) is 0 Å². The number of pyridine rings is 1. The number of aromatic nitrogens is 1. The van der Waals surface area contributed by atoms with Gasteiger partial charge in [-0.25, -0.2) is 18.6 Å². The number of nitrogens with one attached hydrogen (secondary N) is 1. The fraction of sp³-hybridized carbons (Fsp3) is 0.286. The molecule has 1 N–H and O–H groups in total. The van der Waals surface area contributed by atoms with Crippen molar-refractivity contribution >= 4 is 5.82 Å². The van der Waals surface area contributed by atoms with Crippen LogP contribution in [-0.2, 0) is 0 Å². The second-order valence-corrected chi connectivity index (χ2v) is 2.87. The van der Waals surface area contributed by atoms with E-state index in [0.717, 1.165) is 0 Å². The molecule has 0 bridgehead atoms. The highest BCUT2D eigenvalue weighted by molar-refractivity contribution is 5.44. The summed E-state index contributed by atoms with van der Waals surface area (Å²) < 4.78 is 63.8. The molecule has 1 aromatic rings. The van der Waals surface area contributed by atoms with E-state index in [4.69, 9.17) is 0 Å². The molecule has 1 heterocycles. The van der Waals surface area contributed by atoms with E-state index >= 15 is 0 Å². The Morgan fingerprint density at radius 1 is 1.39 bits per heavy atom. The first kappa shape index (κ1) is 13.9. The monoisotopic (exact) mass is 274 g/mol. The van der Waals surface area contributed by atoms with Crippen LogP contribution in [0.5, 0.6) is 5.75 Å². The van der Waals surface area contributed by atoms with Gasteiger partial charge in [-0.3, -0.25) is 0 Å². The van der Waals surface area contributed by atoms with Crippen molar-refractivity contribution in [2.24, 2.45) is 0 Å². The van der Waals surface area contributed by atoms with Gasteiger partial charge in [0.05, 0.1) is 6.07 Å². The van der Waals surface area contributed by atoms with Crippen LogP contribution in [0, 0.1) is 10.1 Å². The molecule has 0 aromatic carbocycles. The highest BCUT2D eigenvalue weighted by atomic mass is 19.4. The minimum Gasteiger partial charge on any atom is -0.405 e. The van der Waals surface area contributed by atoms with Crippen molar-refractivity contribution in [3.8, 4) is 5.75 Å². The highest BCUT2D eigenvalue weighted by Crippen LogP contribution is 2.36. The number of nitrogens with zero attached hydrogens (tertiary/aromatic N) is 1. The molecule has 100 valence electrons. The summed E-state index contributed by atoms with van der Waals surface area (Å²) in [5.41, 5.74) is -3.01. The quantitative estimate of drug-likeness (QED) is 0.519. The van der Waals surface area contributed by atoms with Crippen molar-refractivity contribution in [2.75, 3.05) is 0 Å². The Morgan fingerprint density at radius 3 is 2.33 bits per heavy atom. The average molecular weight is 274 g/mol. The van der Waals surface area contributed by atoms with Gasteiger partial charge in [-0.15, -0.1) is 13.2 Å². The van der Waals surface area contributed by atoms with E-state index in [9.17, 15) is 36.9 Å². The summed E-state index contributed by atoms with van der Waals surface area (Å²) in [6.45, 7) is 0. The summed E-state index contributed by atoms with van der Waals surface area (Å²) in [5.74, 6) is -3.15. The van der Waals surface area contributed by atoms with Gasteiger partial charge in [-0.1, -0.05) is 0 Å². The van der Waals surface area contributed by atoms with Crippen LogP contribution in [0.25, 0.3) is 0 Å². The maximum absolute atomic E-state index is 12.5. The van der Waals surface area contributed by atoms with Gasteiger partial charge in [0.15, 0.2) is 11.3 Å². The molecule has 18 heavy (non-hydrogen) atoms. The largest absolute Gasteiger partial charge is 0.573 e. The lowest BCUT2D eigenvalue weighted by atomic mass is 10.2. The SMILES string of the molecule is O=c1cc(OC(F)(F)F)c(C(F)F)c([N+](=O)[O-])[nH]1. The van der Waals surface area contributed by atoms with Gasteiger partial charge in [0, 0.05) is 0 Å². The van der Waals surface area contributed by atoms with Crippen molar-refractivity contribution in [3.05, 3.63) is 32.1 Å². The van der Waals surface area contributed by atoms with Crippen molar-refractivity contribution < 1.29 is 31.6 Å². The molecule has 0 radical (unpaired) electrons. The van der Waals surface area contributed by atoms with Gasteiger partial charge in [0.2, 0.25) is 0 Å². The normalized spacial score (nSPS) is 11.7. The van der Waals surface area contributed by atoms with E-state index in [1.165, 1.54) is 4.98 Å². The number of alkyl halides is 5. The lowest BCUT2D eigenvalue weighted by Crippen LogP contribution is -2.21. The van der Waals surface area contributed by atoms with Gasteiger partial charge >= 0.3 is 17.7 Å². The molecular formula is C7H3F5N2O4. The molecule has 1 rings (SSSR count). The van der Waals surface area contributed by atoms with Crippen LogP contribution >= 0.6 is 0 Å². The first-order valence-corrected chi connectivity index (χ1v) is 4.07. The Morgan fingerprint density at radius 2 is 1.94 bits per heavy atom. The van der Waals surface area contributed by atoms with Gasteiger partial charge in [-0.05, 0) is 4.92 Å². The number of halogens is 5.